The fraction of sp³-hybridized carbons (Fsp3) is 0.0769. The van der Waals surface area contributed by atoms with E-state index in [9.17, 15) is 4.39 Å². The molecule has 2 aromatic carbocycles. The number of hydrogen-bond donors (Lipinski definition) is 0. The molecule has 18 heavy (non-hydrogen) atoms. The van der Waals surface area contributed by atoms with Crippen molar-refractivity contribution in [2.75, 3.05) is 0 Å². The monoisotopic (exact) mass is 348 g/mol. The summed E-state index contributed by atoms with van der Waals surface area (Å²) in [6.45, 7) is 0. The van der Waals surface area contributed by atoms with Gasteiger partial charge in [0.05, 0.1) is 5.02 Å². The summed E-state index contributed by atoms with van der Waals surface area (Å²) in [7, 11) is 0. The van der Waals surface area contributed by atoms with E-state index in [2.05, 4.69) is 15.9 Å². The van der Waals surface area contributed by atoms with Crippen molar-refractivity contribution in [3.63, 3.8) is 0 Å². The Hall–Kier alpha value is -0.770. The highest BCUT2D eigenvalue weighted by atomic mass is 79.9. The zero-order valence-corrected chi connectivity index (χ0v) is 12.2. The molecule has 2 aromatic rings. The molecule has 0 saturated heterocycles. The van der Waals surface area contributed by atoms with E-state index in [1.165, 1.54) is 6.07 Å². The highest BCUT2D eigenvalue weighted by Crippen LogP contribution is 2.33. The van der Waals surface area contributed by atoms with Crippen LogP contribution in [0.4, 0.5) is 4.39 Å². The van der Waals surface area contributed by atoms with Crippen LogP contribution in [0.1, 0.15) is 5.56 Å². The van der Waals surface area contributed by atoms with Crippen LogP contribution in [-0.2, 0) is 5.33 Å². The predicted molar refractivity (Wildman–Crippen MR) is 75.6 cm³/mol. The molecule has 94 valence electrons. The van der Waals surface area contributed by atoms with Gasteiger partial charge in [0.15, 0.2) is 11.6 Å². The van der Waals surface area contributed by atoms with Crippen LogP contribution in [0.3, 0.4) is 0 Å². The largest absolute Gasteiger partial charge is 0.453 e. The van der Waals surface area contributed by atoms with Gasteiger partial charge in [-0.05, 0) is 35.9 Å². The molecule has 0 unspecified atom stereocenters. The molecule has 0 radical (unpaired) electrons. The zero-order chi connectivity index (χ0) is 13.1. The van der Waals surface area contributed by atoms with Crippen molar-refractivity contribution >= 4 is 39.1 Å². The SMILES string of the molecule is Fc1cc(CBr)ccc1Oc1ccc(Cl)cc1Cl. The quantitative estimate of drug-likeness (QED) is 0.634. The number of hydrogen-bond acceptors (Lipinski definition) is 1. The van der Waals surface area contributed by atoms with Crippen molar-refractivity contribution in [1.29, 1.82) is 0 Å². The van der Waals surface area contributed by atoms with Crippen molar-refractivity contribution in [2.45, 2.75) is 5.33 Å². The lowest BCUT2D eigenvalue weighted by Gasteiger charge is -2.09. The Bertz CT molecular complexity index is 575. The van der Waals surface area contributed by atoms with E-state index in [4.69, 9.17) is 27.9 Å². The van der Waals surface area contributed by atoms with Gasteiger partial charge in [-0.1, -0.05) is 45.2 Å². The van der Waals surface area contributed by atoms with Gasteiger partial charge >= 0.3 is 0 Å². The van der Waals surface area contributed by atoms with Gasteiger partial charge in [-0.2, -0.15) is 0 Å². The molecule has 0 spiro atoms. The fourth-order valence-electron chi connectivity index (χ4n) is 1.39. The molecule has 0 atom stereocenters. The van der Waals surface area contributed by atoms with Gasteiger partial charge < -0.3 is 4.74 Å². The van der Waals surface area contributed by atoms with Crippen molar-refractivity contribution in [3.05, 3.63) is 57.8 Å². The number of rotatable bonds is 3. The summed E-state index contributed by atoms with van der Waals surface area (Å²) < 4.78 is 19.1. The van der Waals surface area contributed by atoms with Gasteiger partial charge in [-0.3, -0.25) is 0 Å². The van der Waals surface area contributed by atoms with Crippen LogP contribution in [0.5, 0.6) is 11.5 Å². The Morgan fingerprint density at radius 3 is 2.39 bits per heavy atom. The summed E-state index contributed by atoms with van der Waals surface area (Å²) >= 11 is 15.0. The van der Waals surface area contributed by atoms with Crippen LogP contribution >= 0.6 is 39.1 Å². The smallest absolute Gasteiger partial charge is 0.166 e. The van der Waals surface area contributed by atoms with Crippen LogP contribution in [0.15, 0.2) is 36.4 Å². The Labute approximate surface area is 123 Å². The van der Waals surface area contributed by atoms with Crippen LogP contribution < -0.4 is 4.74 Å². The molecule has 0 aliphatic carbocycles. The maximum absolute atomic E-state index is 13.7. The van der Waals surface area contributed by atoms with Gasteiger partial charge in [0.1, 0.15) is 5.75 Å². The lowest BCUT2D eigenvalue weighted by Crippen LogP contribution is -1.90. The minimum Gasteiger partial charge on any atom is -0.453 e. The molecule has 0 heterocycles. The van der Waals surface area contributed by atoms with E-state index in [1.807, 2.05) is 0 Å². The van der Waals surface area contributed by atoms with Crippen LogP contribution in [-0.4, -0.2) is 0 Å². The topological polar surface area (TPSA) is 9.23 Å². The van der Waals surface area contributed by atoms with Gasteiger partial charge in [-0.15, -0.1) is 0 Å². The molecular weight excluding hydrogens is 342 g/mol. The van der Waals surface area contributed by atoms with Crippen molar-refractivity contribution in [1.82, 2.24) is 0 Å². The molecule has 0 aromatic heterocycles. The standard InChI is InChI=1S/C13H8BrCl2FO/c14-7-8-1-3-13(11(17)5-8)18-12-4-2-9(15)6-10(12)16/h1-6H,7H2. The summed E-state index contributed by atoms with van der Waals surface area (Å²) in [5, 5.41) is 1.43. The minimum absolute atomic E-state index is 0.129. The second-order valence-electron chi connectivity index (χ2n) is 3.58. The molecule has 1 nitrogen and oxygen atoms in total. The number of ether oxygens (including phenoxy) is 1. The van der Waals surface area contributed by atoms with Crippen LogP contribution in [0.2, 0.25) is 10.0 Å². The van der Waals surface area contributed by atoms with Crippen molar-refractivity contribution in [2.24, 2.45) is 0 Å². The molecule has 0 amide bonds. The number of halogens is 4. The average molecular weight is 350 g/mol. The van der Waals surface area contributed by atoms with Gasteiger partial charge in [-0.25, -0.2) is 4.39 Å². The molecule has 0 N–H and O–H groups in total. The Kier molecular flexibility index (Phi) is 4.49. The molecule has 0 aliphatic heterocycles. The zero-order valence-electron chi connectivity index (χ0n) is 9.09. The maximum atomic E-state index is 13.7. The van der Waals surface area contributed by atoms with E-state index < -0.39 is 5.82 Å². The molecular formula is C13H8BrCl2FO. The first-order valence-corrected chi connectivity index (χ1v) is 6.95. The lowest BCUT2D eigenvalue weighted by molar-refractivity contribution is 0.442. The highest BCUT2D eigenvalue weighted by Gasteiger charge is 2.08. The summed E-state index contributed by atoms with van der Waals surface area (Å²) in [4.78, 5) is 0. The highest BCUT2D eigenvalue weighted by molar-refractivity contribution is 9.08. The normalized spacial score (nSPS) is 10.4. The van der Waals surface area contributed by atoms with Gasteiger partial charge in [0.2, 0.25) is 0 Å². The molecule has 2 rings (SSSR count). The van der Waals surface area contributed by atoms with E-state index in [-0.39, 0.29) is 5.75 Å². The second-order valence-corrected chi connectivity index (χ2v) is 4.98. The Morgan fingerprint density at radius 2 is 1.78 bits per heavy atom. The third-order valence-corrected chi connectivity index (χ3v) is 3.44. The minimum atomic E-state index is -0.432. The lowest BCUT2D eigenvalue weighted by atomic mass is 10.2. The summed E-state index contributed by atoms with van der Waals surface area (Å²) in [5.41, 5.74) is 0.835. The third kappa shape index (κ3) is 3.16. The van der Waals surface area contributed by atoms with E-state index >= 15 is 0 Å². The number of alkyl halides is 1. The first-order valence-electron chi connectivity index (χ1n) is 5.07. The van der Waals surface area contributed by atoms with Gasteiger partial charge in [0, 0.05) is 10.4 Å². The van der Waals surface area contributed by atoms with E-state index in [0.29, 0.717) is 21.1 Å². The summed E-state index contributed by atoms with van der Waals surface area (Å²) in [5.74, 6) is 0.0634. The summed E-state index contributed by atoms with van der Waals surface area (Å²) in [6.07, 6.45) is 0. The fourth-order valence-corrected chi connectivity index (χ4v) is 2.18. The maximum Gasteiger partial charge on any atom is 0.166 e. The summed E-state index contributed by atoms with van der Waals surface area (Å²) in [6, 6.07) is 9.53. The van der Waals surface area contributed by atoms with E-state index in [1.54, 1.807) is 30.3 Å². The predicted octanol–water partition coefficient (Wildman–Crippen LogP) is 5.82. The average Bonchev–Trinajstić information content (AvgIpc) is 2.34. The molecule has 0 saturated carbocycles. The molecule has 0 fully saturated rings. The van der Waals surface area contributed by atoms with Crippen LogP contribution in [0.25, 0.3) is 0 Å². The number of benzene rings is 2. The van der Waals surface area contributed by atoms with Crippen molar-refractivity contribution in [3.8, 4) is 11.5 Å². The molecule has 5 heteroatoms. The Balaban J connectivity index is 2.28. The third-order valence-electron chi connectivity index (χ3n) is 2.26. The van der Waals surface area contributed by atoms with Crippen molar-refractivity contribution < 1.29 is 9.13 Å². The first kappa shape index (κ1) is 13.7. The Morgan fingerprint density at radius 1 is 1.06 bits per heavy atom. The second kappa shape index (κ2) is 5.91. The van der Waals surface area contributed by atoms with E-state index in [0.717, 1.165) is 5.56 Å². The first-order chi connectivity index (χ1) is 8.60. The van der Waals surface area contributed by atoms with Crippen LogP contribution in [0, 0.1) is 5.82 Å². The molecule has 0 bridgehead atoms. The van der Waals surface area contributed by atoms with Gasteiger partial charge in [0.25, 0.3) is 0 Å². The molecule has 0 aliphatic rings.